The topological polar surface area (TPSA) is 61.9 Å². The molecular formula is C32H72N2O6Si4. The van der Waals surface area contributed by atoms with Gasteiger partial charge in [-0.05, 0) is 142 Å². The van der Waals surface area contributed by atoms with Gasteiger partial charge >= 0.3 is 0 Å². The number of nitrogens with zero attached hydrogens (tertiary/aromatic N) is 2. The molecule has 2 saturated heterocycles. The fourth-order valence-corrected chi connectivity index (χ4v) is 15.0. The van der Waals surface area contributed by atoms with Crippen molar-refractivity contribution in [3.8, 4) is 0 Å². The Morgan fingerprint density at radius 2 is 1.05 bits per heavy atom. The molecule has 262 valence electrons. The predicted molar refractivity (Wildman–Crippen MR) is 195 cm³/mol. The highest BCUT2D eigenvalue weighted by atomic mass is 28.4. The fourth-order valence-electron chi connectivity index (χ4n) is 6.82. The van der Waals surface area contributed by atoms with Gasteiger partial charge in [-0.2, -0.15) is 0 Å². The molecular weight excluding hydrogens is 621 g/mol. The van der Waals surface area contributed by atoms with Crippen molar-refractivity contribution in [2.24, 2.45) is 0 Å². The van der Waals surface area contributed by atoms with Crippen LogP contribution >= 0.6 is 0 Å². The van der Waals surface area contributed by atoms with Crippen molar-refractivity contribution in [2.75, 3.05) is 78.9 Å². The predicted octanol–water partition coefficient (Wildman–Crippen LogP) is 6.88. The molecule has 2 aliphatic rings. The summed E-state index contributed by atoms with van der Waals surface area (Å²) in [5.74, 6) is 0. The molecule has 12 heteroatoms. The van der Waals surface area contributed by atoms with E-state index in [-0.39, 0.29) is 12.2 Å². The third kappa shape index (κ3) is 18.2. The first-order valence-electron chi connectivity index (χ1n) is 17.9. The third-order valence-corrected chi connectivity index (χ3v) is 19.3. The van der Waals surface area contributed by atoms with Gasteiger partial charge in [0.05, 0.1) is 38.6 Å². The van der Waals surface area contributed by atoms with Gasteiger partial charge < -0.3 is 37.0 Å². The highest BCUT2D eigenvalue weighted by Gasteiger charge is 2.32. The second-order valence-corrected chi connectivity index (χ2v) is 32.7. The quantitative estimate of drug-likeness (QED) is 0.107. The summed E-state index contributed by atoms with van der Waals surface area (Å²) >= 11 is 0. The Morgan fingerprint density at radius 3 is 1.41 bits per heavy atom. The number of hydrogen-bond acceptors (Lipinski definition) is 8. The van der Waals surface area contributed by atoms with Crippen LogP contribution in [0.2, 0.25) is 76.6 Å². The molecule has 0 bridgehead atoms. The van der Waals surface area contributed by atoms with Gasteiger partial charge in [0.25, 0.3) is 0 Å². The van der Waals surface area contributed by atoms with Gasteiger partial charge in [0.1, 0.15) is 0 Å². The van der Waals surface area contributed by atoms with Crippen LogP contribution in [0.15, 0.2) is 0 Å². The van der Waals surface area contributed by atoms with Gasteiger partial charge in [0.15, 0.2) is 33.3 Å². The smallest absolute Gasteiger partial charge is 0.187 e. The van der Waals surface area contributed by atoms with E-state index in [0.717, 1.165) is 39.4 Å². The van der Waals surface area contributed by atoms with E-state index >= 15 is 0 Å². The lowest BCUT2D eigenvalue weighted by Crippen LogP contribution is -2.47. The van der Waals surface area contributed by atoms with E-state index < -0.39 is 33.3 Å². The summed E-state index contributed by atoms with van der Waals surface area (Å²) in [6, 6.07) is 4.86. The Morgan fingerprint density at radius 1 is 0.659 bits per heavy atom. The second-order valence-electron chi connectivity index (χ2n) is 15.5. The lowest BCUT2D eigenvalue weighted by molar-refractivity contribution is -0.0240. The highest BCUT2D eigenvalue weighted by molar-refractivity contribution is 6.72. The Balaban J connectivity index is 1.77. The normalized spacial score (nSPS) is 24.4. The Bertz CT molecular complexity index is 715. The van der Waals surface area contributed by atoms with E-state index in [4.69, 9.17) is 27.2 Å². The molecule has 2 unspecified atom stereocenters. The summed E-state index contributed by atoms with van der Waals surface area (Å²) in [4.78, 5) is 5.21. The largest absolute Gasteiger partial charge is 0.418 e. The van der Waals surface area contributed by atoms with Crippen molar-refractivity contribution in [2.45, 2.75) is 128 Å². The molecule has 2 rings (SSSR count). The zero-order chi connectivity index (χ0) is 32.7. The standard InChI is InChI=1S/C32H72N2O6Si4/c1-11-37-41(3,4)23-13-17-33-19-15-25-43(7,8)39-31(27-33)29-35-21-22-36-30-32-28-34(20-16-26-44(9,10)40-32)18-14-24-42(5,6)38-12-2/h31-32H,11-30H2,1-10H3. The first-order chi connectivity index (χ1) is 20.6. The monoisotopic (exact) mass is 692 g/mol. The van der Waals surface area contributed by atoms with Crippen molar-refractivity contribution in [1.82, 2.24) is 9.80 Å². The van der Waals surface area contributed by atoms with Crippen LogP contribution < -0.4 is 0 Å². The van der Waals surface area contributed by atoms with E-state index in [1.54, 1.807) is 0 Å². The minimum absolute atomic E-state index is 0.138. The van der Waals surface area contributed by atoms with Crippen LogP contribution in [0.4, 0.5) is 0 Å². The van der Waals surface area contributed by atoms with Crippen molar-refractivity contribution >= 4 is 33.3 Å². The molecule has 44 heavy (non-hydrogen) atoms. The fraction of sp³-hybridized carbons (Fsp3) is 1.00. The van der Waals surface area contributed by atoms with E-state index in [0.29, 0.717) is 26.4 Å². The first kappa shape index (κ1) is 40.7. The SMILES string of the molecule is CCO[Si](C)(C)CCCN1CCC[Si](C)(C)OC(COCCOCC2CN(CCC[Si](C)(C)OCC)CCC[Si](C)(C)O2)C1. The van der Waals surface area contributed by atoms with Crippen LogP contribution in [-0.2, 0) is 27.2 Å². The third-order valence-electron chi connectivity index (χ3n) is 8.96. The summed E-state index contributed by atoms with van der Waals surface area (Å²) in [6.45, 7) is 33.7. The molecule has 0 aliphatic carbocycles. The van der Waals surface area contributed by atoms with Crippen LogP contribution in [-0.4, -0.2) is 134 Å². The summed E-state index contributed by atoms with van der Waals surface area (Å²) in [5, 5.41) is 0. The van der Waals surface area contributed by atoms with Gasteiger partial charge in [-0.25, -0.2) is 0 Å². The maximum Gasteiger partial charge on any atom is 0.187 e. The minimum atomic E-state index is -1.66. The summed E-state index contributed by atoms with van der Waals surface area (Å²) in [6.07, 6.45) is 5.16. The average Bonchev–Trinajstić information content (AvgIpc) is 2.87. The number of rotatable bonds is 19. The highest BCUT2D eigenvalue weighted by Crippen LogP contribution is 2.23. The molecule has 0 aromatic rings. The van der Waals surface area contributed by atoms with Gasteiger partial charge in [-0.3, -0.25) is 0 Å². The van der Waals surface area contributed by atoms with Gasteiger partial charge in [0.2, 0.25) is 0 Å². The molecule has 0 N–H and O–H groups in total. The lowest BCUT2D eigenvalue weighted by Gasteiger charge is -2.37. The van der Waals surface area contributed by atoms with Crippen molar-refractivity contribution in [3.63, 3.8) is 0 Å². The zero-order valence-corrected chi connectivity index (χ0v) is 34.6. The van der Waals surface area contributed by atoms with Crippen molar-refractivity contribution in [1.29, 1.82) is 0 Å². The van der Waals surface area contributed by atoms with E-state index in [1.165, 1.54) is 62.9 Å². The van der Waals surface area contributed by atoms with E-state index in [2.05, 4.69) is 76.0 Å². The molecule has 0 aromatic carbocycles. The molecule has 0 spiro atoms. The maximum atomic E-state index is 6.71. The number of hydrogen-bond donors (Lipinski definition) is 0. The second kappa shape index (κ2) is 20.2. The molecule has 0 aromatic heterocycles. The first-order valence-corrected chi connectivity index (χ1v) is 30.3. The van der Waals surface area contributed by atoms with Crippen LogP contribution in [0, 0.1) is 0 Å². The maximum absolute atomic E-state index is 6.71. The van der Waals surface area contributed by atoms with Crippen LogP contribution in [0.3, 0.4) is 0 Å². The van der Waals surface area contributed by atoms with E-state index in [9.17, 15) is 0 Å². The minimum Gasteiger partial charge on any atom is -0.418 e. The van der Waals surface area contributed by atoms with Gasteiger partial charge in [-0.15, -0.1) is 0 Å². The number of ether oxygens (including phenoxy) is 2. The lowest BCUT2D eigenvalue weighted by atomic mass is 10.3. The van der Waals surface area contributed by atoms with Gasteiger partial charge in [-0.1, -0.05) is 0 Å². The average molecular weight is 693 g/mol. The zero-order valence-electron chi connectivity index (χ0n) is 30.6. The molecule has 0 saturated carbocycles. The summed E-state index contributed by atoms with van der Waals surface area (Å²) < 4.78 is 37.9. The summed E-state index contributed by atoms with van der Waals surface area (Å²) in [5.41, 5.74) is 0. The van der Waals surface area contributed by atoms with Crippen LogP contribution in [0.25, 0.3) is 0 Å². The Hall–Kier alpha value is 0.548. The van der Waals surface area contributed by atoms with Gasteiger partial charge in [0, 0.05) is 26.3 Å². The summed E-state index contributed by atoms with van der Waals surface area (Å²) in [7, 11) is -6.39. The molecule has 8 nitrogen and oxygen atoms in total. The molecule has 2 aliphatic heterocycles. The van der Waals surface area contributed by atoms with Crippen molar-refractivity contribution < 1.29 is 27.2 Å². The molecule has 2 heterocycles. The molecule has 0 amide bonds. The molecule has 2 atom stereocenters. The van der Waals surface area contributed by atoms with Crippen molar-refractivity contribution in [3.05, 3.63) is 0 Å². The van der Waals surface area contributed by atoms with Crippen LogP contribution in [0.1, 0.15) is 39.5 Å². The Labute approximate surface area is 276 Å². The van der Waals surface area contributed by atoms with E-state index in [1.807, 2.05) is 0 Å². The van der Waals surface area contributed by atoms with Crippen LogP contribution in [0.5, 0.6) is 0 Å². The molecule has 0 radical (unpaired) electrons. The molecule has 2 fully saturated rings. The Kier molecular flexibility index (Phi) is 18.6.